The summed E-state index contributed by atoms with van der Waals surface area (Å²) in [5.74, 6) is -0.389. The third-order valence-electron chi connectivity index (χ3n) is 5.52. The Hall–Kier alpha value is -2.99. The molecule has 0 saturated heterocycles. The fourth-order valence-electron chi connectivity index (χ4n) is 4.30. The zero-order valence-corrected chi connectivity index (χ0v) is 17.6. The van der Waals surface area contributed by atoms with Gasteiger partial charge in [-0.25, -0.2) is 4.79 Å². The topological polar surface area (TPSA) is 71.6 Å². The van der Waals surface area contributed by atoms with Gasteiger partial charge in [-0.05, 0) is 24.6 Å². The molecule has 30 heavy (non-hydrogen) atoms. The van der Waals surface area contributed by atoms with E-state index in [-0.39, 0.29) is 11.8 Å². The van der Waals surface area contributed by atoms with Crippen molar-refractivity contribution in [2.24, 2.45) is 0 Å². The second kappa shape index (κ2) is 8.40. The Bertz CT molecular complexity index is 1090. The van der Waals surface area contributed by atoms with Crippen molar-refractivity contribution in [3.8, 4) is 5.75 Å². The van der Waals surface area contributed by atoms with Crippen LogP contribution in [0.3, 0.4) is 0 Å². The monoisotopic (exact) mass is 426 g/mol. The first kappa shape index (κ1) is 20.3. The molecule has 156 valence electrons. The highest BCUT2D eigenvalue weighted by Gasteiger charge is 2.44. The van der Waals surface area contributed by atoms with E-state index in [2.05, 4.69) is 4.98 Å². The van der Waals surface area contributed by atoms with Crippen molar-refractivity contribution in [3.63, 3.8) is 0 Å². The minimum Gasteiger partial charge on any atom is -0.494 e. The number of aromatic nitrogens is 1. The molecular formula is C23H23ClN2O4. The lowest BCUT2D eigenvalue weighted by Crippen LogP contribution is -2.52. The van der Waals surface area contributed by atoms with Crippen LogP contribution in [0.15, 0.2) is 48.5 Å². The molecule has 1 amide bonds. The Morgan fingerprint density at radius 1 is 1.17 bits per heavy atom. The maximum Gasteiger partial charge on any atom is 0.328 e. The number of hydrogen-bond donors (Lipinski definition) is 1. The van der Waals surface area contributed by atoms with E-state index in [1.165, 1.54) is 12.0 Å². The van der Waals surface area contributed by atoms with Crippen molar-refractivity contribution < 1.29 is 19.1 Å². The molecule has 1 unspecified atom stereocenters. The second-order valence-corrected chi connectivity index (χ2v) is 7.38. The van der Waals surface area contributed by atoms with Crippen molar-refractivity contribution in [3.05, 3.63) is 65.4 Å². The van der Waals surface area contributed by atoms with Crippen molar-refractivity contribution >= 4 is 34.4 Å². The summed E-state index contributed by atoms with van der Waals surface area (Å²) in [6.07, 6.45) is 0.349. The van der Waals surface area contributed by atoms with Crippen LogP contribution in [0.5, 0.6) is 5.75 Å². The number of ether oxygens (including phenoxy) is 2. The molecule has 4 rings (SSSR count). The largest absolute Gasteiger partial charge is 0.494 e. The minimum absolute atomic E-state index is 0.240. The van der Waals surface area contributed by atoms with Crippen molar-refractivity contribution in [1.29, 1.82) is 0 Å². The SMILES string of the molecule is CCOc1ccccc1C1c2[nH]c3ccccc3c2C[C@@H](C(=O)OC)N1C(=O)CCl. The van der Waals surface area contributed by atoms with Crippen LogP contribution >= 0.6 is 11.6 Å². The summed E-state index contributed by atoms with van der Waals surface area (Å²) in [6, 6.07) is 14.1. The van der Waals surface area contributed by atoms with Gasteiger partial charge in [0.1, 0.15) is 23.7 Å². The first-order valence-electron chi connectivity index (χ1n) is 9.86. The number of carbonyl (C=O) groups is 2. The zero-order valence-electron chi connectivity index (χ0n) is 16.9. The van der Waals surface area contributed by atoms with E-state index < -0.39 is 18.1 Å². The van der Waals surface area contributed by atoms with E-state index in [0.717, 1.165) is 27.7 Å². The highest BCUT2D eigenvalue weighted by molar-refractivity contribution is 6.27. The van der Waals surface area contributed by atoms with E-state index in [1.807, 2.05) is 55.5 Å². The maximum atomic E-state index is 13.0. The van der Waals surface area contributed by atoms with E-state index in [9.17, 15) is 9.59 Å². The third-order valence-corrected chi connectivity index (χ3v) is 5.75. The number of hydrogen-bond acceptors (Lipinski definition) is 4. The number of carbonyl (C=O) groups excluding carboxylic acids is 2. The van der Waals surface area contributed by atoms with Crippen LogP contribution in [0.1, 0.15) is 29.8 Å². The molecule has 7 heteroatoms. The van der Waals surface area contributed by atoms with E-state index >= 15 is 0 Å². The Balaban J connectivity index is 2.00. The number of alkyl halides is 1. The van der Waals surface area contributed by atoms with Gasteiger partial charge in [-0.1, -0.05) is 36.4 Å². The molecule has 2 aromatic carbocycles. The predicted octanol–water partition coefficient (Wildman–Crippen LogP) is 3.82. The number of aromatic amines is 1. The zero-order chi connectivity index (χ0) is 21.3. The number of halogens is 1. The third kappa shape index (κ3) is 3.31. The van der Waals surface area contributed by atoms with Crippen LogP contribution in [-0.2, 0) is 20.7 Å². The maximum absolute atomic E-state index is 13.0. The van der Waals surface area contributed by atoms with Crippen LogP contribution < -0.4 is 4.74 Å². The lowest BCUT2D eigenvalue weighted by Gasteiger charge is -2.41. The summed E-state index contributed by atoms with van der Waals surface area (Å²) in [6.45, 7) is 2.39. The van der Waals surface area contributed by atoms with Gasteiger partial charge in [0.25, 0.3) is 0 Å². The lowest BCUT2D eigenvalue weighted by atomic mass is 9.87. The fourth-order valence-corrected chi connectivity index (χ4v) is 4.44. The van der Waals surface area contributed by atoms with Crippen molar-refractivity contribution in [2.45, 2.75) is 25.4 Å². The Morgan fingerprint density at radius 3 is 2.63 bits per heavy atom. The molecular weight excluding hydrogens is 404 g/mol. The van der Waals surface area contributed by atoms with Crippen LogP contribution in [0.25, 0.3) is 10.9 Å². The smallest absolute Gasteiger partial charge is 0.328 e. The second-order valence-electron chi connectivity index (χ2n) is 7.11. The Morgan fingerprint density at radius 2 is 1.90 bits per heavy atom. The molecule has 0 radical (unpaired) electrons. The summed E-state index contributed by atoms with van der Waals surface area (Å²) in [5, 5.41) is 1.03. The molecule has 0 spiro atoms. The first-order chi connectivity index (χ1) is 14.6. The highest BCUT2D eigenvalue weighted by Crippen LogP contribution is 2.43. The summed E-state index contributed by atoms with van der Waals surface area (Å²) in [5.41, 5.74) is 3.60. The first-order valence-corrected chi connectivity index (χ1v) is 10.4. The van der Waals surface area contributed by atoms with Gasteiger partial charge in [0, 0.05) is 28.6 Å². The van der Waals surface area contributed by atoms with Gasteiger partial charge in [0.15, 0.2) is 0 Å². The fraction of sp³-hybridized carbons (Fsp3) is 0.304. The molecule has 1 N–H and O–H groups in total. The van der Waals surface area contributed by atoms with Gasteiger partial charge in [0.05, 0.1) is 13.7 Å². The predicted molar refractivity (Wildman–Crippen MR) is 115 cm³/mol. The van der Waals surface area contributed by atoms with E-state index in [0.29, 0.717) is 18.8 Å². The number of rotatable bonds is 5. The van der Waals surface area contributed by atoms with Gasteiger partial charge in [0.2, 0.25) is 5.91 Å². The molecule has 1 aliphatic rings. The number of benzene rings is 2. The number of esters is 1. The highest BCUT2D eigenvalue weighted by atomic mass is 35.5. The number of para-hydroxylation sites is 2. The van der Waals surface area contributed by atoms with Gasteiger partial charge in [-0.15, -0.1) is 11.6 Å². The molecule has 1 aromatic heterocycles. The number of amides is 1. The number of methoxy groups -OCH3 is 1. The molecule has 0 fully saturated rings. The summed E-state index contributed by atoms with van der Waals surface area (Å²) < 4.78 is 10.9. The Labute approximate surface area is 179 Å². The van der Waals surface area contributed by atoms with Gasteiger partial charge in [-0.2, -0.15) is 0 Å². The molecule has 1 aliphatic heterocycles. The van der Waals surface area contributed by atoms with Crippen molar-refractivity contribution in [2.75, 3.05) is 19.6 Å². The molecule has 6 nitrogen and oxygen atoms in total. The van der Waals surface area contributed by atoms with Gasteiger partial charge in [-0.3, -0.25) is 4.79 Å². The van der Waals surface area contributed by atoms with Crippen LogP contribution in [0.4, 0.5) is 0 Å². The lowest BCUT2D eigenvalue weighted by molar-refractivity contribution is -0.154. The molecule has 3 aromatic rings. The van der Waals surface area contributed by atoms with E-state index in [1.54, 1.807) is 0 Å². The average Bonchev–Trinajstić information content (AvgIpc) is 3.16. The van der Waals surface area contributed by atoms with Crippen LogP contribution in [0, 0.1) is 0 Å². The van der Waals surface area contributed by atoms with Crippen LogP contribution in [0.2, 0.25) is 0 Å². The average molecular weight is 427 g/mol. The summed E-state index contributed by atoms with van der Waals surface area (Å²) >= 11 is 5.97. The van der Waals surface area contributed by atoms with E-state index in [4.69, 9.17) is 21.1 Å². The molecule has 0 bridgehead atoms. The number of H-pyrrole nitrogens is 1. The van der Waals surface area contributed by atoms with Crippen LogP contribution in [-0.4, -0.2) is 47.4 Å². The summed E-state index contributed by atoms with van der Waals surface area (Å²) in [7, 11) is 1.33. The number of nitrogens with one attached hydrogen (secondary N) is 1. The molecule has 0 aliphatic carbocycles. The van der Waals surface area contributed by atoms with Gasteiger partial charge >= 0.3 is 5.97 Å². The quantitative estimate of drug-likeness (QED) is 0.497. The number of fused-ring (bicyclic) bond motifs is 3. The molecule has 2 atom stereocenters. The molecule has 0 saturated carbocycles. The normalized spacial score (nSPS) is 18.2. The molecule has 2 heterocycles. The standard InChI is InChI=1S/C23H23ClN2O4/c1-3-30-19-11-7-5-9-15(19)22-21-16(14-8-4-6-10-17(14)25-21)12-18(23(28)29-2)26(22)20(27)13-24/h4-11,18,22,25H,3,12-13H2,1-2H3/t18-,22?/m0/s1. The Kier molecular flexibility index (Phi) is 5.68. The minimum atomic E-state index is -0.785. The number of nitrogens with zero attached hydrogens (tertiary/aromatic N) is 1. The summed E-state index contributed by atoms with van der Waals surface area (Å²) in [4.78, 5) is 30.8. The van der Waals surface area contributed by atoms with Gasteiger partial charge < -0.3 is 19.4 Å². The van der Waals surface area contributed by atoms with Crippen molar-refractivity contribution in [1.82, 2.24) is 9.88 Å².